The first-order valence-corrected chi connectivity index (χ1v) is 8.50. The topological polar surface area (TPSA) is 84.0 Å². The molecule has 2 rings (SSSR count). The molecule has 0 aromatic heterocycles. The molecule has 2 saturated carbocycles. The molecule has 0 saturated heterocycles. The molecule has 2 aliphatic rings. The van der Waals surface area contributed by atoms with Gasteiger partial charge in [-0.3, -0.25) is 9.79 Å². The number of amides is 1. The molecule has 23 heavy (non-hydrogen) atoms. The van der Waals surface area contributed by atoms with Crippen LogP contribution in [0.25, 0.3) is 0 Å². The van der Waals surface area contributed by atoms with Gasteiger partial charge in [0.25, 0.3) is 0 Å². The molecule has 7 nitrogen and oxygen atoms in total. The Balaban J connectivity index is 1.74. The fraction of sp³-hybridized carbons (Fsp3) is 0.875. The number of carbonyl (C=O) groups is 1. The lowest BCUT2D eigenvalue weighted by molar-refractivity contribution is -0.168. The summed E-state index contributed by atoms with van der Waals surface area (Å²) in [7, 11) is 3.34. The van der Waals surface area contributed by atoms with E-state index in [0.717, 1.165) is 13.0 Å². The van der Waals surface area contributed by atoms with Gasteiger partial charge in [-0.05, 0) is 26.2 Å². The van der Waals surface area contributed by atoms with Crippen molar-refractivity contribution in [2.45, 2.75) is 44.8 Å². The normalized spacial score (nSPS) is 25.4. The second-order valence-electron chi connectivity index (χ2n) is 6.23. The van der Waals surface area contributed by atoms with Gasteiger partial charge >= 0.3 is 0 Å². The molecule has 0 aromatic carbocycles. The third-order valence-electron chi connectivity index (χ3n) is 5.02. The molecule has 2 unspecified atom stereocenters. The number of methoxy groups -OCH3 is 1. The fourth-order valence-electron chi connectivity index (χ4n) is 3.52. The van der Waals surface area contributed by atoms with Gasteiger partial charge < -0.3 is 25.4 Å². The lowest BCUT2D eigenvalue weighted by atomic mass is 9.51. The van der Waals surface area contributed by atoms with Crippen molar-refractivity contribution in [2.24, 2.45) is 10.4 Å². The summed E-state index contributed by atoms with van der Waals surface area (Å²) >= 11 is 0. The van der Waals surface area contributed by atoms with E-state index in [0.29, 0.717) is 31.3 Å². The molecule has 1 spiro atoms. The first-order valence-electron chi connectivity index (χ1n) is 8.50. The Kier molecular flexibility index (Phi) is 6.65. The molecule has 3 N–H and O–H groups in total. The van der Waals surface area contributed by atoms with Crippen molar-refractivity contribution in [1.29, 1.82) is 0 Å². The minimum absolute atomic E-state index is 0.0656. The SMILES string of the molecule is CCOC1CC(NC(=NC)NCC(=O)NCCOC)C12CCC2. The average Bonchev–Trinajstić information content (AvgIpc) is 2.48. The molecule has 0 heterocycles. The smallest absolute Gasteiger partial charge is 0.239 e. The van der Waals surface area contributed by atoms with E-state index in [4.69, 9.17) is 9.47 Å². The van der Waals surface area contributed by atoms with Crippen LogP contribution in [-0.4, -0.2) is 64.5 Å². The number of guanidine groups is 1. The fourth-order valence-corrected chi connectivity index (χ4v) is 3.52. The molecule has 0 radical (unpaired) electrons. The van der Waals surface area contributed by atoms with E-state index >= 15 is 0 Å². The van der Waals surface area contributed by atoms with E-state index in [1.165, 1.54) is 19.3 Å². The molecular weight excluding hydrogens is 296 g/mol. The summed E-state index contributed by atoms with van der Waals surface area (Å²) in [5.41, 5.74) is 0.272. The van der Waals surface area contributed by atoms with Crippen LogP contribution in [0.5, 0.6) is 0 Å². The Morgan fingerprint density at radius 1 is 1.35 bits per heavy atom. The van der Waals surface area contributed by atoms with E-state index in [1.54, 1.807) is 14.2 Å². The highest BCUT2D eigenvalue weighted by molar-refractivity contribution is 5.86. The Morgan fingerprint density at radius 2 is 2.13 bits per heavy atom. The van der Waals surface area contributed by atoms with Crippen LogP contribution in [-0.2, 0) is 14.3 Å². The van der Waals surface area contributed by atoms with Gasteiger partial charge in [-0.25, -0.2) is 0 Å². The summed E-state index contributed by atoms with van der Waals surface area (Å²) in [5.74, 6) is 0.613. The zero-order valence-corrected chi connectivity index (χ0v) is 14.5. The van der Waals surface area contributed by atoms with Crippen LogP contribution in [0.4, 0.5) is 0 Å². The molecule has 2 aliphatic carbocycles. The average molecular weight is 326 g/mol. The number of nitrogens with one attached hydrogen (secondary N) is 3. The summed E-state index contributed by atoms with van der Waals surface area (Å²) in [6.07, 6.45) is 5.08. The largest absolute Gasteiger partial charge is 0.383 e. The van der Waals surface area contributed by atoms with Crippen LogP contribution in [0, 0.1) is 5.41 Å². The zero-order valence-electron chi connectivity index (χ0n) is 14.5. The van der Waals surface area contributed by atoms with Crippen LogP contribution >= 0.6 is 0 Å². The van der Waals surface area contributed by atoms with E-state index < -0.39 is 0 Å². The maximum Gasteiger partial charge on any atom is 0.239 e. The molecule has 1 amide bonds. The lowest BCUT2D eigenvalue weighted by Gasteiger charge is -2.61. The van der Waals surface area contributed by atoms with Gasteiger partial charge in [0.15, 0.2) is 5.96 Å². The summed E-state index contributed by atoms with van der Waals surface area (Å²) in [5, 5.41) is 9.31. The van der Waals surface area contributed by atoms with Gasteiger partial charge in [-0.15, -0.1) is 0 Å². The maximum atomic E-state index is 11.7. The minimum Gasteiger partial charge on any atom is -0.383 e. The zero-order chi connectivity index (χ0) is 16.7. The highest BCUT2D eigenvalue weighted by atomic mass is 16.5. The van der Waals surface area contributed by atoms with Gasteiger partial charge in [0.1, 0.15) is 0 Å². The van der Waals surface area contributed by atoms with Crippen LogP contribution in [0.15, 0.2) is 4.99 Å². The van der Waals surface area contributed by atoms with E-state index in [9.17, 15) is 4.79 Å². The van der Waals surface area contributed by atoms with Crippen molar-refractivity contribution >= 4 is 11.9 Å². The Labute approximate surface area is 138 Å². The molecule has 132 valence electrons. The summed E-state index contributed by atoms with van der Waals surface area (Å²) < 4.78 is 10.8. The monoisotopic (exact) mass is 326 g/mol. The van der Waals surface area contributed by atoms with Crippen molar-refractivity contribution < 1.29 is 14.3 Å². The first-order chi connectivity index (χ1) is 11.2. The number of hydrogen-bond donors (Lipinski definition) is 3. The number of carbonyl (C=O) groups excluding carboxylic acids is 1. The van der Waals surface area contributed by atoms with Gasteiger partial charge in [0.05, 0.1) is 19.3 Å². The third kappa shape index (κ3) is 4.14. The van der Waals surface area contributed by atoms with Gasteiger partial charge in [0.2, 0.25) is 5.91 Å². The van der Waals surface area contributed by atoms with Crippen molar-refractivity contribution in [1.82, 2.24) is 16.0 Å². The highest BCUT2D eigenvalue weighted by Gasteiger charge is 2.59. The van der Waals surface area contributed by atoms with E-state index in [2.05, 4.69) is 27.9 Å². The first kappa shape index (κ1) is 18.0. The number of nitrogens with zero attached hydrogens (tertiary/aromatic N) is 1. The number of rotatable bonds is 8. The number of hydrogen-bond acceptors (Lipinski definition) is 4. The second-order valence-corrected chi connectivity index (χ2v) is 6.23. The van der Waals surface area contributed by atoms with Crippen LogP contribution in [0.3, 0.4) is 0 Å². The van der Waals surface area contributed by atoms with Gasteiger partial charge in [-0.1, -0.05) is 6.42 Å². The quantitative estimate of drug-likeness (QED) is 0.339. The van der Waals surface area contributed by atoms with Crippen LogP contribution in [0.2, 0.25) is 0 Å². The lowest BCUT2D eigenvalue weighted by Crippen LogP contribution is -2.68. The van der Waals surface area contributed by atoms with Crippen LogP contribution < -0.4 is 16.0 Å². The Bertz CT molecular complexity index is 424. The van der Waals surface area contributed by atoms with Crippen molar-refractivity contribution in [3.8, 4) is 0 Å². The molecule has 7 heteroatoms. The maximum absolute atomic E-state index is 11.7. The highest BCUT2D eigenvalue weighted by Crippen LogP contribution is 2.57. The summed E-state index contributed by atoms with van der Waals surface area (Å²) in [4.78, 5) is 15.9. The molecule has 0 bridgehead atoms. The van der Waals surface area contributed by atoms with Crippen molar-refractivity contribution in [2.75, 3.05) is 40.5 Å². The number of aliphatic imine (C=N–C) groups is 1. The predicted octanol–water partition coefficient (Wildman–Crippen LogP) is 0.262. The second kappa shape index (κ2) is 8.49. The predicted molar refractivity (Wildman–Crippen MR) is 89.5 cm³/mol. The third-order valence-corrected chi connectivity index (χ3v) is 5.02. The van der Waals surface area contributed by atoms with Gasteiger partial charge in [0, 0.05) is 38.8 Å². The minimum atomic E-state index is -0.0656. The molecular formula is C16H30N4O3. The van der Waals surface area contributed by atoms with Gasteiger partial charge in [-0.2, -0.15) is 0 Å². The van der Waals surface area contributed by atoms with Crippen LogP contribution in [0.1, 0.15) is 32.6 Å². The van der Waals surface area contributed by atoms with E-state index in [1.807, 2.05) is 0 Å². The molecule has 0 aromatic rings. The summed E-state index contributed by atoms with van der Waals surface area (Å²) in [6, 6.07) is 0.385. The molecule has 0 aliphatic heterocycles. The van der Waals surface area contributed by atoms with Crippen molar-refractivity contribution in [3.63, 3.8) is 0 Å². The van der Waals surface area contributed by atoms with Crippen molar-refractivity contribution in [3.05, 3.63) is 0 Å². The standard InChI is InChI=1S/C16H30N4O3/c1-4-23-13-10-12(16(13)6-5-7-16)20-15(17-2)19-11-14(21)18-8-9-22-3/h12-13H,4-11H2,1-3H3,(H,18,21)(H2,17,19,20). The molecule has 2 fully saturated rings. The Morgan fingerprint density at radius 3 is 2.70 bits per heavy atom. The molecule has 2 atom stereocenters. The number of ether oxygens (including phenoxy) is 2. The Hall–Kier alpha value is -1.34. The summed E-state index contributed by atoms with van der Waals surface area (Å²) in [6.45, 7) is 4.06. The van der Waals surface area contributed by atoms with E-state index in [-0.39, 0.29) is 17.9 Å².